The van der Waals surface area contributed by atoms with Crippen molar-refractivity contribution in [3.8, 4) is 0 Å². The van der Waals surface area contributed by atoms with Crippen LogP contribution in [-0.4, -0.2) is 41.7 Å². The Morgan fingerprint density at radius 1 is 1.25 bits per heavy atom. The number of hydrogen-bond donors (Lipinski definition) is 2. The zero-order valence-corrected chi connectivity index (χ0v) is 11.3. The van der Waals surface area contributed by atoms with E-state index in [0.717, 1.165) is 37.2 Å². The number of rotatable bonds is 7. The first kappa shape index (κ1) is 14.5. The van der Waals surface area contributed by atoms with Crippen molar-refractivity contribution in [1.82, 2.24) is 0 Å². The van der Waals surface area contributed by atoms with Crippen LogP contribution in [0.4, 0.5) is 5.69 Å². The number of nitrogens with zero attached hydrogens (tertiary/aromatic N) is 1. The first-order valence-corrected chi connectivity index (χ1v) is 6.85. The summed E-state index contributed by atoms with van der Waals surface area (Å²) < 4.78 is 0. The molecule has 0 radical (unpaired) electrons. The van der Waals surface area contributed by atoms with Gasteiger partial charge in [-0.1, -0.05) is 0 Å². The molecule has 20 heavy (non-hydrogen) atoms. The van der Waals surface area contributed by atoms with E-state index in [1.54, 1.807) is 6.07 Å². The molecule has 5 nitrogen and oxygen atoms in total. The van der Waals surface area contributed by atoms with E-state index in [0.29, 0.717) is 5.56 Å². The molecule has 5 heteroatoms. The van der Waals surface area contributed by atoms with Crippen molar-refractivity contribution in [3.63, 3.8) is 0 Å². The maximum atomic E-state index is 11.9. The van der Waals surface area contributed by atoms with Crippen molar-refractivity contribution in [1.29, 1.82) is 0 Å². The Morgan fingerprint density at radius 3 is 2.75 bits per heavy atom. The van der Waals surface area contributed by atoms with E-state index in [4.69, 9.17) is 10.2 Å². The third-order valence-electron chi connectivity index (χ3n) is 3.55. The van der Waals surface area contributed by atoms with Crippen LogP contribution >= 0.6 is 0 Å². The SMILES string of the molecule is O=C(O)CCC(=O)c1ccc2c(c1)CCN2CCCO. The predicted octanol–water partition coefficient (Wildman–Crippen LogP) is 1.48. The fourth-order valence-corrected chi connectivity index (χ4v) is 2.50. The third-order valence-corrected chi connectivity index (χ3v) is 3.55. The van der Waals surface area contributed by atoms with Crippen molar-refractivity contribution in [2.24, 2.45) is 0 Å². The Bertz CT molecular complexity index is 513. The first-order valence-electron chi connectivity index (χ1n) is 6.85. The minimum Gasteiger partial charge on any atom is -0.481 e. The second-order valence-electron chi connectivity index (χ2n) is 4.97. The van der Waals surface area contributed by atoms with Gasteiger partial charge in [-0.2, -0.15) is 0 Å². The van der Waals surface area contributed by atoms with Crippen molar-refractivity contribution < 1.29 is 19.8 Å². The zero-order valence-electron chi connectivity index (χ0n) is 11.3. The molecule has 0 unspecified atom stereocenters. The largest absolute Gasteiger partial charge is 0.481 e. The molecule has 0 fully saturated rings. The lowest BCUT2D eigenvalue weighted by molar-refractivity contribution is -0.136. The van der Waals surface area contributed by atoms with Crippen molar-refractivity contribution in [2.45, 2.75) is 25.7 Å². The Kier molecular flexibility index (Phi) is 4.74. The number of aliphatic hydroxyl groups is 1. The number of carbonyl (C=O) groups excluding carboxylic acids is 1. The fraction of sp³-hybridized carbons (Fsp3) is 0.467. The van der Waals surface area contributed by atoms with Gasteiger partial charge in [0, 0.05) is 37.4 Å². The molecule has 0 atom stereocenters. The van der Waals surface area contributed by atoms with Gasteiger partial charge in [-0.25, -0.2) is 0 Å². The quantitative estimate of drug-likeness (QED) is 0.738. The van der Waals surface area contributed by atoms with Gasteiger partial charge in [0.1, 0.15) is 0 Å². The van der Waals surface area contributed by atoms with Gasteiger partial charge < -0.3 is 15.1 Å². The number of anilines is 1. The van der Waals surface area contributed by atoms with Crippen LogP contribution in [0.3, 0.4) is 0 Å². The van der Waals surface area contributed by atoms with E-state index in [-0.39, 0.29) is 25.2 Å². The van der Waals surface area contributed by atoms with Crippen LogP contribution in [0, 0.1) is 0 Å². The second-order valence-corrected chi connectivity index (χ2v) is 4.97. The fourth-order valence-electron chi connectivity index (χ4n) is 2.50. The zero-order chi connectivity index (χ0) is 14.5. The lowest BCUT2D eigenvalue weighted by Crippen LogP contribution is -2.22. The average molecular weight is 277 g/mol. The monoisotopic (exact) mass is 277 g/mol. The van der Waals surface area contributed by atoms with Crippen LogP contribution in [0.15, 0.2) is 18.2 Å². The van der Waals surface area contributed by atoms with Crippen molar-refractivity contribution >= 4 is 17.4 Å². The molecule has 0 spiro atoms. The molecule has 1 aliphatic rings. The van der Waals surface area contributed by atoms with Crippen LogP contribution in [-0.2, 0) is 11.2 Å². The highest BCUT2D eigenvalue weighted by molar-refractivity contribution is 5.98. The Balaban J connectivity index is 2.05. The van der Waals surface area contributed by atoms with E-state index < -0.39 is 5.97 Å². The van der Waals surface area contributed by atoms with Gasteiger partial charge in [0.25, 0.3) is 0 Å². The molecule has 2 N–H and O–H groups in total. The van der Waals surface area contributed by atoms with Crippen LogP contribution < -0.4 is 4.90 Å². The maximum absolute atomic E-state index is 11.9. The molecule has 0 aromatic heterocycles. The standard InChI is InChI=1S/C15H19NO4/c17-9-1-7-16-8-6-11-10-12(2-3-13(11)16)14(18)4-5-15(19)20/h2-3,10,17H,1,4-9H2,(H,19,20). The molecule has 1 aromatic carbocycles. The van der Waals surface area contributed by atoms with Gasteiger partial charge in [0.05, 0.1) is 6.42 Å². The number of carbonyl (C=O) groups is 2. The second kappa shape index (κ2) is 6.52. The van der Waals surface area contributed by atoms with Crippen molar-refractivity contribution in [3.05, 3.63) is 29.3 Å². The number of carboxylic acid groups (broad SMARTS) is 1. The minimum absolute atomic E-state index is 0.0440. The number of Topliss-reactive ketones (excluding diaryl/α,β-unsaturated/α-hetero) is 1. The molecule has 0 aliphatic carbocycles. The normalized spacial score (nSPS) is 13.3. The summed E-state index contributed by atoms with van der Waals surface area (Å²) >= 11 is 0. The Morgan fingerprint density at radius 2 is 2.05 bits per heavy atom. The molecular formula is C15H19NO4. The van der Waals surface area contributed by atoms with E-state index in [9.17, 15) is 9.59 Å². The number of fused-ring (bicyclic) bond motifs is 1. The summed E-state index contributed by atoms with van der Waals surface area (Å²) in [7, 11) is 0. The van der Waals surface area contributed by atoms with Gasteiger partial charge in [-0.15, -0.1) is 0 Å². The number of benzene rings is 1. The van der Waals surface area contributed by atoms with Crippen LogP contribution in [0.5, 0.6) is 0 Å². The third kappa shape index (κ3) is 3.36. The number of ketones is 1. The van der Waals surface area contributed by atoms with Crippen molar-refractivity contribution in [2.75, 3.05) is 24.6 Å². The summed E-state index contributed by atoms with van der Waals surface area (Å²) in [6.07, 6.45) is 1.54. The highest BCUT2D eigenvalue weighted by Gasteiger charge is 2.20. The smallest absolute Gasteiger partial charge is 0.303 e. The molecule has 108 valence electrons. The van der Waals surface area contributed by atoms with Gasteiger partial charge in [-0.3, -0.25) is 9.59 Å². The number of carboxylic acids is 1. The van der Waals surface area contributed by atoms with Gasteiger partial charge in [0.15, 0.2) is 5.78 Å². The molecule has 0 saturated carbocycles. The van der Waals surface area contributed by atoms with Gasteiger partial charge >= 0.3 is 5.97 Å². The lowest BCUT2D eigenvalue weighted by atomic mass is 10.0. The molecule has 1 heterocycles. The highest BCUT2D eigenvalue weighted by atomic mass is 16.4. The topological polar surface area (TPSA) is 77.8 Å². The number of hydrogen-bond acceptors (Lipinski definition) is 4. The summed E-state index contributed by atoms with van der Waals surface area (Å²) in [4.78, 5) is 24.6. The summed E-state index contributed by atoms with van der Waals surface area (Å²) in [5.74, 6) is -1.07. The number of aliphatic hydroxyl groups excluding tert-OH is 1. The van der Waals surface area contributed by atoms with Crippen LogP contribution in [0.2, 0.25) is 0 Å². The Hall–Kier alpha value is -1.88. The molecular weight excluding hydrogens is 258 g/mol. The molecule has 0 amide bonds. The molecule has 0 bridgehead atoms. The first-order chi connectivity index (χ1) is 9.61. The highest BCUT2D eigenvalue weighted by Crippen LogP contribution is 2.29. The maximum Gasteiger partial charge on any atom is 0.303 e. The minimum atomic E-state index is -0.949. The summed E-state index contributed by atoms with van der Waals surface area (Å²) in [5.41, 5.74) is 2.84. The van der Waals surface area contributed by atoms with E-state index in [1.807, 2.05) is 12.1 Å². The van der Waals surface area contributed by atoms with Crippen LogP contribution in [0.1, 0.15) is 35.2 Å². The van der Waals surface area contributed by atoms with Crippen LogP contribution in [0.25, 0.3) is 0 Å². The lowest BCUT2D eigenvalue weighted by Gasteiger charge is -2.18. The average Bonchev–Trinajstić information content (AvgIpc) is 2.84. The molecule has 2 rings (SSSR count). The Labute approximate surface area is 117 Å². The molecule has 1 aromatic rings. The number of aliphatic carboxylic acids is 1. The predicted molar refractivity (Wildman–Crippen MR) is 75.3 cm³/mol. The van der Waals surface area contributed by atoms with Gasteiger partial charge in [-0.05, 0) is 36.6 Å². The van der Waals surface area contributed by atoms with E-state index in [1.165, 1.54) is 0 Å². The van der Waals surface area contributed by atoms with E-state index >= 15 is 0 Å². The van der Waals surface area contributed by atoms with E-state index in [2.05, 4.69) is 4.90 Å². The van der Waals surface area contributed by atoms with Gasteiger partial charge in [0.2, 0.25) is 0 Å². The molecule has 0 saturated heterocycles. The molecule has 1 aliphatic heterocycles. The summed E-state index contributed by atoms with van der Waals surface area (Å²) in [5, 5.41) is 17.5. The summed E-state index contributed by atoms with van der Waals surface area (Å²) in [6.45, 7) is 1.90. The summed E-state index contributed by atoms with van der Waals surface area (Å²) in [6, 6.07) is 5.56.